The third-order valence-electron chi connectivity index (χ3n) is 4.24. The van der Waals surface area contributed by atoms with Crippen LogP contribution >= 0.6 is 0 Å². The standard InChI is InChI=1S/C13H24O/c1-2-4-11-5-3-9-13(14,10-8-11)12-6-7-12/h11-12,14H,2-10H2,1H3. The molecular formula is C13H24O. The van der Waals surface area contributed by atoms with Gasteiger partial charge in [0, 0.05) is 0 Å². The van der Waals surface area contributed by atoms with Gasteiger partial charge < -0.3 is 5.11 Å². The lowest BCUT2D eigenvalue weighted by Gasteiger charge is -2.26. The summed E-state index contributed by atoms with van der Waals surface area (Å²) in [5.41, 5.74) is -0.248. The van der Waals surface area contributed by atoms with Gasteiger partial charge >= 0.3 is 0 Å². The summed E-state index contributed by atoms with van der Waals surface area (Å²) >= 11 is 0. The maximum absolute atomic E-state index is 10.5. The van der Waals surface area contributed by atoms with Gasteiger partial charge in [-0.25, -0.2) is 0 Å². The predicted octanol–water partition coefficient (Wildman–Crippen LogP) is 3.51. The molecule has 1 heteroatoms. The van der Waals surface area contributed by atoms with Gasteiger partial charge in [0.15, 0.2) is 0 Å². The minimum Gasteiger partial charge on any atom is -0.390 e. The van der Waals surface area contributed by atoms with Crippen molar-refractivity contribution < 1.29 is 5.11 Å². The van der Waals surface area contributed by atoms with Crippen LogP contribution in [0.15, 0.2) is 0 Å². The summed E-state index contributed by atoms with van der Waals surface area (Å²) < 4.78 is 0. The third kappa shape index (κ3) is 2.31. The van der Waals surface area contributed by atoms with Crippen LogP contribution < -0.4 is 0 Å². The normalized spacial score (nSPS) is 39.4. The van der Waals surface area contributed by atoms with E-state index < -0.39 is 0 Å². The molecule has 0 saturated heterocycles. The minimum atomic E-state index is -0.248. The number of hydrogen-bond donors (Lipinski definition) is 1. The molecule has 0 aliphatic heterocycles. The van der Waals surface area contributed by atoms with E-state index in [1.54, 1.807) is 0 Å². The molecule has 0 radical (unpaired) electrons. The van der Waals surface area contributed by atoms with Crippen molar-refractivity contribution in [3.8, 4) is 0 Å². The molecule has 0 bridgehead atoms. The lowest BCUT2D eigenvalue weighted by Crippen LogP contribution is -2.30. The van der Waals surface area contributed by atoms with E-state index in [2.05, 4.69) is 6.92 Å². The fraction of sp³-hybridized carbons (Fsp3) is 1.00. The fourth-order valence-corrected chi connectivity index (χ4v) is 3.15. The molecule has 1 nitrogen and oxygen atoms in total. The summed E-state index contributed by atoms with van der Waals surface area (Å²) in [6.45, 7) is 2.28. The number of hydrogen-bond acceptors (Lipinski definition) is 1. The lowest BCUT2D eigenvalue weighted by atomic mass is 9.88. The molecule has 0 aromatic heterocycles. The van der Waals surface area contributed by atoms with Crippen LogP contribution in [0.3, 0.4) is 0 Å². The van der Waals surface area contributed by atoms with Crippen molar-refractivity contribution >= 4 is 0 Å². The summed E-state index contributed by atoms with van der Waals surface area (Å²) in [6, 6.07) is 0. The van der Waals surface area contributed by atoms with E-state index in [0.29, 0.717) is 5.92 Å². The van der Waals surface area contributed by atoms with Crippen molar-refractivity contribution in [2.75, 3.05) is 0 Å². The third-order valence-corrected chi connectivity index (χ3v) is 4.24. The van der Waals surface area contributed by atoms with Gasteiger partial charge in [0.2, 0.25) is 0 Å². The van der Waals surface area contributed by atoms with Crippen molar-refractivity contribution in [2.45, 2.75) is 70.3 Å². The summed E-state index contributed by atoms with van der Waals surface area (Å²) in [7, 11) is 0. The first-order chi connectivity index (χ1) is 6.74. The SMILES string of the molecule is CCCC1CCCC(O)(C2CC2)CC1. The molecular weight excluding hydrogens is 172 g/mol. The molecule has 14 heavy (non-hydrogen) atoms. The van der Waals surface area contributed by atoms with Gasteiger partial charge in [-0.15, -0.1) is 0 Å². The zero-order valence-electron chi connectivity index (χ0n) is 9.47. The highest BCUT2D eigenvalue weighted by atomic mass is 16.3. The highest BCUT2D eigenvalue weighted by Crippen LogP contribution is 2.47. The maximum atomic E-state index is 10.5. The predicted molar refractivity (Wildman–Crippen MR) is 59.2 cm³/mol. The average Bonchev–Trinajstić information content (AvgIpc) is 2.94. The zero-order chi connectivity index (χ0) is 10.0. The van der Waals surface area contributed by atoms with Crippen molar-refractivity contribution in [3.63, 3.8) is 0 Å². The molecule has 2 unspecified atom stereocenters. The van der Waals surface area contributed by atoms with Gasteiger partial charge in [-0.05, 0) is 43.9 Å². The average molecular weight is 196 g/mol. The topological polar surface area (TPSA) is 20.2 Å². The number of rotatable bonds is 3. The van der Waals surface area contributed by atoms with Gasteiger partial charge in [0.05, 0.1) is 5.60 Å². The zero-order valence-corrected chi connectivity index (χ0v) is 9.47. The van der Waals surface area contributed by atoms with Crippen LogP contribution in [-0.2, 0) is 0 Å². The molecule has 2 aliphatic carbocycles. The van der Waals surface area contributed by atoms with Gasteiger partial charge in [0.1, 0.15) is 0 Å². The first-order valence-corrected chi connectivity index (χ1v) is 6.47. The van der Waals surface area contributed by atoms with Crippen LogP contribution in [-0.4, -0.2) is 10.7 Å². The largest absolute Gasteiger partial charge is 0.390 e. The molecule has 0 spiro atoms. The quantitative estimate of drug-likeness (QED) is 0.685. The van der Waals surface area contributed by atoms with Crippen molar-refractivity contribution in [1.29, 1.82) is 0 Å². The van der Waals surface area contributed by atoms with E-state index in [1.165, 1.54) is 44.9 Å². The van der Waals surface area contributed by atoms with Crippen molar-refractivity contribution in [1.82, 2.24) is 0 Å². The molecule has 0 heterocycles. The Hall–Kier alpha value is -0.0400. The molecule has 2 saturated carbocycles. The first-order valence-electron chi connectivity index (χ1n) is 6.47. The Morgan fingerprint density at radius 2 is 1.93 bits per heavy atom. The Labute approximate surface area is 87.9 Å². The van der Waals surface area contributed by atoms with E-state index in [0.717, 1.165) is 18.8 Å². The Bertz CT molecular complexity index is 186. The second-order valence-corrected chi connectivity index (χ2v) is 5.46. The maximum Gasteiger partial charge on any atom is 0.0675 e. The van der Waals surface area contributed by atoms with Gasteiger partial charge in [-0.2, -0.15) is 0 Å². The minimum absolute atomic E-state index is 0.248. The molecule has 2 fully saturated rings. The summed E-state index contributed by atoms with van der Waals surface area (Å²) in [6.07, 6.45) is 11.3. The second-order valence-electron chi connectivity index (χ2n) is 5.46. The molecule has 2 rings (SSSR count). The van der Waals surface area contributed by atoms with Crippen LogP contribution in [0.25, 0.3) is 0 Å². The van der Waals surface area contributed by atoms with Crippen molar-refractivity contribution in [2.24, 2.45) is 11.8 Å². The highest BCUT2D eigenvalue weighted by Gasteiger charge is 2.43. The van der Waals surface area contributed by atoms with Crippen LogP contribution in [0.2, 0.25) is 0 Å². The van der Waals surface area contributed by atoms with Gasteiger partial charge in [0.25, 0.3) is 0 Å². The number of aliphatic hydroxyl groups is 1. The van der Waals surface area contributed by atoms with E-state index in [1.807, 2.05) is 0 Å². The Kier molecular flexibility index (Phi) is 3.16. The van der Waals surface area contributed by atoms with Crippen LogP contribution in [0.1, 0.15) is 64.7 Å². The van der Waals surface area contributed by atoms with E-state index in [9.17, 15) is 5.11 Å². The van der Waals surface area contributed by atoms with Crippen LogP contribution in [0, 0.1) is 11.8 Å². The van der Waals surface area contributed by atoms with Crippen LogP contribution in [0.5, 0.6) is 0 Å². The molecule has 0 amide bonds. The second kappa shape index (κ2) is 4.22. The molecule has 1 N–H and O–H groups in total. The van der Waals surface area contributed by atoms with Gasteiger partial charge in [-0.3, -0.25) is 0 Å². The molecule has 2 aliphatic rings. The van der Waals surface area contributed by atoms with E-state index >= 15 is 0 Å². The molecule has 0 aromatic carbocycles. The lowest BCUT2D eigenvalue weighted by molar-refractivity contribution is 0.00175. The van der Waals surface area contributed by atoms with E-state index in [-0.39, 0.29) is 5.60 Å². The molecule has 2 atom stereocenters. The Balaban J connectivity index is 1.87. The Morgan fingerprint density at radius 1 is 1.14 bits per heavy atom. The monoisotopic (exact) mass is 196 g/mol. The summed E-state index contributed by atoms with van der Waals surface area (Å²) in [4.78, 5) is 0. The van der Waals surface area contributed by atoms with Crippen LogP contribution in [0.4, 0.5) is 0 Å². The Morgan fingerprint density at radius 3 is 2.57 bits per heavy atom. The molecule has 82 valence electrons. The fourth-order valence-electron chi connectivity index (χ4n) is 3.15. The summed E-state index contributed by atoms with van der Waals surface area (Å²) in [5, 5.41) is 10.5. The molecule has 0 aromatic rings. The van der Waals surface area contributed by atoms with Gasteiger partial charge in [-0.1, -0.05) is 32.6 Å². The smallest absolute Gasteiger partial charge is 0.0675 e. The van der Waals surface area contributed by atoms with Crippen molar-refractivity contribution in [3.05, 3.63) is 0 Å². The summed E-state index contributed by atoms with van der Waals surface area (Å²) in [5.74, 6) is 1.58. The highest BCUT2D eigenvalue weighted by molar-refractivity contribution is 4.96. The first kappa shape index (κ1) is 10.5. The van der Waals surface area contributed by atoms with E-state index in [4.69, 9.17) is 0 Å².